The van der Waals surface area contributed by atoms with E-state index in [1.54, 1.807) is 24.4 Å². The average molecular weight is 310 g/mol. The summed E-state index contributed by atoms with van der Waals surface area (Å²) in [7, 11) is 0. The van der Waals surface area contributed by atoms with Gasteiger partial charge in [-0.3, -0.25) is 0 Å². The van der Waals surface area contributed by atoms with E-state index in [2.05, 4.69) is 31.5 Å². The molecule has 5 heteroatoms. The number of halogens is 2. The molecule has 0 spiro atoms. The molecule has 0 saturated heterocycles. The second-order valence-electron chi connectivity index (χ2n) is 3.71. The molecule has 0 unspecified atom stereocenters. The molecule has 0 atom stereocenters. The average Bonchev–Trinajstić information content (AvgIpc) is 2.34. The zero-order chi connectivity index (χ0) is 13.0. The minimum Gasteiger partial charge on any atom is -0.370 e. The summed E-state index contributed by atoms with van der Waals surface area (Å²) in [6.45, 7) is 2.79. The third-order valence-electron chi connectivity index (χ3n) is 2.33. The van der Waals surface area contributed by atoms with Crippen molar-refractivity contribution in [3.63, 3.8) is 0 Å². The fraction of sp³-hybridized carbons (Fsp3) is 0.154. The fourth-order valence-electron chi connectivity index (χ4n) is 1.53. The van der Waals surface area contributed by atoms with Gasteiger partial charge in [0.25, 0.3) is 0 Å². The Morgan fingerprint density at radius 2 is 2.11 bits per heavy atom. The van der Waals surface area contributed by atoms with E-state index in [4.69, 9.17) is 0 Å². The van der Waals surface area contributed by atoms with Crippen molar-refractivity contribution in [3.8, 4) is 0 Å². The summed E-state index contributed by atoms with van der Waals surface area (Å²) in [5.41, 5.74) is 1.23. The summed E-state index contributed by atoms with van der Waals surface area (Å²) >= 11 is 3.23. The molecule has 0 saturated carbocycles. The van der Waals surface area contributed by atoms with Gasteiger partial charge in [-0.15, -0.1) is 0 Å². The second kappa shape index (κ2) is 5.82. The lowest BCUT2D eigenvalue weighted by molar-refractivity contribution is 0.631. The number of hydrogen-bond acceptors (Lipinski definition) is 3. The van der Waals surface area contributed by atoms with Crippen LogP contribution in [0.5, 0.6) is 0 Å². The number of benzene rings is 1. The van der Waals surface area contributed by atoms with Crippen LogP contribution in [-0.4, -0.2) is 11.5 Å². The van der Waals surface area contributed by atoms with Crippen molar-refractivity contribution in [2.24, 2.45) is 0 Å². The Morgan fingerprint density at radius 3 is 2.83 bits per heavy atom. The van der Waals surface area contributed by atoms with Crippen LogP contribution in [-0.2, 0) is 0 Å². The van der Waals surface area contributed by atoms with Crippen LogP contribution in [0.3, 0.4) is 0 Å². The lowest BCUT2D eigenvalue weighted by Gasteiger charge is -2.09. The van der Waals surface area contributed by atoms with Gasteiger partial charge in [-0.2, -0.15) is 0 Å². The zero-order valence-corrected chi connectivity index (χ0v) is 11.5. The molecule has 1 heterocycles. The Hall–Kier alpha value is -1.62. The van der Waals surface area contributed by atoms with Crippen molar-refractivity contribution in [2.75, 3.05) is 17.2 Å². The molecule has 2 rings (SSSR count). The molecule has 2 N–H and O–H groups in total. The Bertz CT molecular complexity index is 546. The quantitative estimate of drug-likeness (QED) is 0.890. The molecule has 0 bridgehead atoms. The largest absolute Gasteiger partial charge is 0.370 e. The first kappa shape index (κ1) is 12.8. The molecule has 94 valence electrons. The van der Waals surface area contributed by atoms with Gasteiger partial charge in [0.15, 0.2) is 0 Å². The molecule has 0 fully saturated rings. The number of anilines is 3. The predicted octanol–water partition coefficient (Wildman–Crippen LogP) is 4.16. The Labute approximate surface area is 114 Å². The molecule has 0 radical (unpaired) electrons. The highest BCUT2D eigenvalue weighted by Crippen LogP contribution is 2.23. The van der Waals surface area contributed by atoms with E-state index in [-0.39, 0.29) is 5.82 Å². The van der Waals surface area contributed by atoms with Gasteiger partial charge in [-0.05, 0) is 31.2 Å². The van der Waals surface area contributed by atoms with E-state index in [1.807, 2.05) is 13.0 Å². The Kier molecular flexibility index (Phi) is 4.15. The molecule has 0 aliphatic carbocycles. The first-order valence-corrected chi connectivity index (χ1v) is 6.40. The van der Waals surface area contributed by atoms with E-state index in [0.717, 1.165) is 18.1 Å². The van der Waals surface area contributed by atoms with Crippen LogP contribution in [0.1, 0.15) is 6.92 Å². The number of aromatic nitrogens is 1. The minimum atomic E-state index is -0.300. The third kappa shape index (κ3) is 3.20. The van der Waals surface area contributed by atoms with Gasteiger partial charge in [0.1, 0.15) is 11.6 Å². The van der Waals surface area contributed by atoms with Crippen molar-refractivity contribution < 1.29 is 4.39 Å². The number of nitrogens with one attached hydrogen (secondary N) is 2. The van der Waals surface area contributed by atoms with Gasteiger partial charge in [-0.1, -0.05) is 15.9 Å². The number of hydrogen-bond donors (Lipinski definition) is 2. The van der Waals surface area contributed by atoms with Crippen molar-refractivity contribution in [1.82, 2.24) is 4.98 Å². The molecule has 3 nitrogen and oxygen atoms in total. The van der Waals surface area contributed by atoms with Crippen LogP contribution in [0.4, 0.5) is 21.6 Å². The van der Waals surface area contributed by atoms with Gasteiger partial charge in [0.05, 0.1) is 5.69 Å². The van der Waals surface area contributed by atoms with Crippen molar-refractivity contribution in [2.45, 2.75) is 6.92 Å². The van der Waals surface area contributed by atoms with E-state index in [0.29, 0.717) is 10.2 Å². The minimum absolute atomic E-state index is 0.300. The summed E-state index contributed by atoms with van der Waals surface area (Å²) in [5, 5.41) is 6.13. The molecule has 0 aliphatic rings. The summed E-state index contributed by atoms with van der Waals surface area (Å²) < 4.78 is 14.4. The lowest BCUT2D eigenvalue weighted by atomic mass is 10.3. The molecule has 18 heavy (non-hydrogen) atoms. The van der Waals surface area contributed by atoms with E-state index < -0.39 is 0 Å². The summed E-state index contributed by atoms with van der Waals surface area (Å²) in [6, 6.07) is 8.53. The van der Waals surface area contributed by atoms with Crippen LogP contribution in [0.25, 0.3) is 0 Å². The monoisotopic (exact) mass is 309 g/mol. The molecule has 2 aromatic rings. The van der Waals surface area contributed by atoms with Gasteiger partial charge in [0, 0.05) is 29.0 Å². The van der Waals surface area contributed by atoms with Crippen molar-refractivity contribution in [3.05, 3.63) is 46.8 Å². The number of nitrogens with zero attached hydrogens (tertiary/aromatic N) is 1. The summed E-state index contributed by atoms with van der Waals surface area (Å²) in [4.78, 5) is 4.15. The maximum absolute atomic E-state index is 13.7. The molecular weight excluding hydrogens is 297 g/mol. The third-order valence-corrected chi connectivity index (χ3v) is 2.82. The van der Waals surface area contributed by atoms with Crippen LogP contribution in [0, 0.1) is 5.82 Å². The maximum atomic E-state index is 13.7. The predicted molar refractivity (Wildman–Crippen MR) is 75.8 cm³/mol. The van der Waals surface area contributed by atoms with Crippen LogP contribution in [0.2, 0.25) is 0 Å². The normalized spacial score (nSPS) is 10.2. The number of pyridine rings is 1. The first-order valence-electron chi connectivity index (χ1n) is 5.61. The van der Waals surface area contributed by atoms with E-state index >= 15 is 0 Å². The fourth-order valence-corrected chi connectivity index (χ4v) is 1.87. The molecular formula is C13H13BrFN3. The molecule has 0 aliphatic heterocycles. The molecule has 0 amide bonds. The van der Waals surface area contributed by atoms with Gasteiger partial charge in [0.2, 0.25) is 0 Å². The molecule has 1 aromatic heterocycles. The Morgan fingerprint density at radius 1 is 1.28 bits per heavy atom. The highest BCUT2D eigenvalue weighted by molar-refractivity contribution is 9.10. The highest BCUT2D eigenvalue weighted by atomic mass is 79.9. The highest BCUT2D eigenvalue weighted by Gasteiger charge is 2.03. The summed E-state index contributed by atoms with van der Waals surface area (Å²) in [6.07, 6.45) is 1.68. The van der Waals surface area contributed by atoms with Crippen molar-refractivity contribution in [1.29, 1.82) is 0 Å². The van der Waals surface area contributed by atoms with Crippen molar-refractivity contribution >= 4 is 33.1 Å². The van der Waals surface area contributed by atoms with E-state index in [1.165, 1.54) is 6.07 Å². The Balaban J connectivity index is 2.20. The lowest BCUT2D eigenvalue weighted by Crippen LogP contribution is -2.00. The summed E-state index contributed by atoms with van der Waals surface area (Å²) in [5.74, 6) is 0.464. The van der Waals surface area contributed by atoms with Gasteiger partial charge in [-0.25, -0.2) is 9.37 Å². The van der Waals surface area contributed by atoms with Crippen LogP contribution >= 0.6 is 15.9 Å². The zero-order valence-electron chi connectivity index (χ0n) is 9.87. The SMILES string of the molecule is CCNc1cc(Nc2ccc(Br)cc2F)ccn1. The van der Waals surface area contributed by atoms with Gasteiger partial charge < -0.3 is 10.6 Å². The smallest absolute Gasteiger partial charge is 0.147 e. The second-order valence-corrected chi connectivity index (χ2v) is 4.62. The van der Waals surface area contributed by atoms with Gasteiger partial charge >= 0.3 is 0 Å². The standard InChI is InChI=1S/C13H13BrFN3/c1-2-16-13-8-10(5-6-17-13)18-12-4-3-9(14)7-11(12)15/h3-8H,2H2,1H3,(H2,16,17,18). The topological polar surface area (TPSA) is 37.0 Å². The van der Waals surface area contributed by atoms with Crippen LogP contribution in [0.15, 0.2) is 41.0 Å². The van der Waals surface area contributed by atoms with E-state index in [9.17, 15) is 4.39 Å². The first-order chi connectivity index (χ1) is 8.69. The molecule has 1 aromatic carbocycles. The number of rotatable bonds is 4. The van der Waals surface area contributed by atoms with Crippen LogP contribution < -0.4 is 10.6 Å². The maximum Gasteiger partial charge on any atom is 0.147 e.